The van der Waals surface area contributed by atoms with Gasteiger partial charge in [0.1, 0.15) is 11.7 Å². The van der Waals surface area contributed by atoms with E-state index >= 15 is 0 Å². The van der Waals surface area contributed by atoms with E-state index in [0.717, 1.165) is 59.3 Å². The molecule has 0 aliphatic carbocycles. The first-order chi connectivity index (χ1) is 17.5. The number of nitrogens with one attached hydrogen (secondary N) is 1. The third-order valence-electron chi connectivity index (χ3n) is 6.87. The van der Waals surface area contributed by atoms with Gasteiger partial charge in [0, 0.05) is 18.7 Å². The lowest BCUT2D eigenvalue weighted by Crippen LogP contribution is -2.38. The summed E-state index contributed by atoms with van der Waals surface area (Å²) in [5.41, 5.74) is 6.28. The van der Waals surface area contributed by atoms with E-state index in [0.29, 0.717) is 11.8 Å². The number of likely N-dealkylation sites (tertiary alicyclic amines) is 1. The van der Waals surface area contributed by atoms with E-state index in [1.54, 1.807) is 0 Å². The second kappa shape index (κ2) is 13.8. The average molecular weight is 506 g/mol. The molecule has 6 heteroatoms. The van der Waals surface area contributed by atoms with Gasteiger partial charge in [-0.1, -0.05) is 68.1 Å². The maximum absolute atomic E-state index is 12.6. The number of hydrogen-bond donors (Lipinski definition) is 1. The van der Waals surface area contributed by atoms with Crippen LogP contribution in [0.25, 0.3) is 5.57 Å². The van der Waals surface area contributed by atoms with Crippen LogP contribution in [0.2, 0.25) is 0 Å². The molecule has 2 aromatic rings. The summed E-state index contributed by atoms with van der Waals surface area (Å²) < 4.78 is 5.31. The fraction of sp³-hybridized carbons (Fsp3) is 0.452. The molecule has 37 heavy (non-hydrogen) atoms. The molecule has 2 heterocycles. The highest BCUT2D eigenvalue weighted by Gasteiger charge is 2.35. The van der Waals surface area contributed by atoms with Crippen LogP contribution in [0.5, 0.6) is 0 Å². The fourth-order valence-electron chi connectivity index (χ4n) is 4.75. The van der Waals surface area contributed by atoms with E-state index in [-0.39, 0.29) is 23.8 Å². The van der Waals surface area contributed by atoms with Gasteiger partial charge in [-0.15, -0.1) is 0 Å². The summed E-state index contributed by atoms with van der Waals surface area (Å²) in [6, 6.07) is 10.4. The minimum absolute atomic E-state index is 0.0179. The standard InChI is InChI=1S/C17H21NO.C14H22N2O2/c1-6-13(4)17(12(2)3)16-9-7-15(8-10-16)14(5)18-11-19;1-9(2)13(12-8-10(3)15-18-12)14(17)16-7-5-6-11(16)4/h6-11,14H,1-2H2,3-5H3,(H,18,19);8-9,11,13H,5-7H2,1-4H3/b17-13+;. The molecule has 3 unspecified atom stereocenters. The number of hydrogen-bond acceptors (Lipinski definition) is 4. The first kappa shape index (κ1) is 29.8. The smallest absolute Gasteiger partial charge is 0.233 e. The minimum Gasteiger partial charge on any atom is -0.360 e. The molecule has 6 nitrogen and oxygen atoms in total. The molecule has 0 saturated carbocycles. The Hall–Kier alpha value is -3.41. The molecule has 0 radical (unpaired) electrons. The van der Waals surface area contributed by atoms with E-state index in [1.165, 1.54) is 0 Å². The van der Waals surface area contributed by atoms with Crippen LogP contribution in [0.4, 0.5) is 0 Å². The number of carbonyl (C=O) groups excluding carboxylic acids is 2. The number of amides is 2. The molecule has 3 atom stereocenters. The van der Waals surface area contributed by atoms with Gasteiger partial charge in [0.15, 0.2) is 0 Å². The van der Waals surface area contributed by atoms with Crippen molar-refractivity contribution in [2.24, 2.45) is 5.92 Å². The second-order valence-corrected chi connectivity index (χ2v) is 10.3. The van der Waals surface area contributed by atoms with E-state index in [2.05, 4.69) is 56.5 Å². The van der Waals surface area contributed by atoms with Crippen LogP contribution in [0, 0.1) is 12.8 Å². The molecule has 1 aliphatic heterocycles. The Morgan fingerprint density at radius 1 is 1.22 bits per heavy atom. The molecular weight excluding hydrogens is 462 g/mol. The predicted molar refractivity (Wildman–Crippen MR) is 151 cm³/mol. The van der Waals surface area contributed by atoms with Gasteiger partial charge in [0.25, 0.3) is 0 Å². The summed E-state index contributed by atoms with van der Waals surface area (Å²) in [4.78, 5) is 25.1. The van der Waals surface area contributed by atoms with Crippen LogP contribution in [-0.4, -0.2) is 35.0 Å². The number of carbonyl (C=O) groups is 2. The zero-order valence-corrected chi connectivity index (χ0v) is 23.5. The van der Waals surface area contributed by atoms with Crippen molar-refractivity contribution in [1.29, 1.82) is 0 Å². The molecule has 1 saturated heterocycles. The van der Waals surface area contributed by atoms with Crippen LogP contribution >= 0.6 is 0 Å². The molecule has 1 aromatic heterocycles. The van der Waals surface area contributed by atoms with Crippen molar-refractivity contribution in [2.75, 3.05) is 6.54 Å². The van der Waals surface area contributed by atoms with Gasteiger partial charge in [-0.05, 0) is 75.7 Å². The van der Waals surface area contributed by atoms with Crippen LogP contribution in [0.1, 0.15) is 88.9 Å². The van der Waals surface area contributed by atoms with Crippen molar-refractivity contribution in [3.63, 3.8) is 0 Å². The molecule has 1 N–H and O–H groups in total. The van der Waals surface area contributed by atoms with Crippen LogP contribution < -0.4 is 5.32 Å². The Labute approximate surface area is 222 Å². The van der Waals surface area contributed by atoms with Gasteiger partial charge in [0.2, 0.25) is 12.3 Å². The van der Waals surface area contributed by atoms with E-state index in [1.807, 2.05) is 56.9 Å². The molecule has 0 spiro atoms. The summed E-state index contributed by atoms with van der Waals surface area (Å²) >= 11 is 0. The van der Waals surface area contributed by atoms with Crippen LogP contribution in [-0.2, 0) is 9.59 Å². The summed E-state index contributed by atoms with van der Waals surface area (Å²) in [6.07, 6.45) is 4.77. The van der Waals surface area contributed by atoms with Crippen molar-refractivity contribution < 1.29 is 14.1 Å². The number of nitrogens with zero attached hydrogens (tertiary/aromatic N) is 2. The van der Waals surface area contributed by atoms with Crippen molar-refractivity contribution in [1.82, 2.24) is 15.4 Å². The lowest BCUT2D eigenvalue weighted by Gasteiger charge is -2.27. The molecular formula is C31H43N3O3. The largest absolute Gasteiger partial charge is 0.360 e. The average Bonchev–Trinajstić information content (AvgIpc) is 3.47. The van der Waals surface area contributed by atoms with E-state index < -0.39 is 0 Å². The van der Waals surface area contributed by atoms with Gasteiger partial charge in [-0.25, -0.2) is 0 Å². The number of allylic oxidation sites excluding steroid dienone is 4. The highest BCUT2D eigenvalue weighted by atomic mass is 16.5. The number of aromatic nitrogens is 1. The number of rotatable bonds is 9. The van der Waals surface area contributed by atoms with Gasteiger partial charge in [-0.2, -0.15) is 0 Å². The maximum Gasteiger partial charge on any atom is 0.233 e. The summed E-state index contributed by atoms with van der Waals surface area (Å²) in [5, 5.41) is 6.64. The van der Waals surface area contributed by atoms with Crippen molar-refractivity contribution >= 4 is 17.9 Å². The Morgan fingerprint density at radius 3 is 2.30 bits per heavy atom. The Morgan fingerprint density at radius 2 is 1.86 bits per heavy atom. The third-order valence-corrected chi connectivity index (χ3v) is 6.87. The summed E-state index contributed by atoms with van der Waals surface area (Å²) in [5.74, 6) is 0.905. The fourth-order valence-corrected chi connectivity index (χ4v) is 4.75. The second-order valence-electron chi connectivity index (χ2n) is 10.3. The lowest BCUT2D eigenvalue weighted by atomic mass is 9.91. The SMILES string of the molecule is C=C/C(C)=C(\C(=C)C)c1ccc(C(C)NC=O)cc1.Cc1cc(C(C(=O)N2CCCC2C)C(C)C)on1. The highest BCUT2D eigenvalue weighted by Crippen LogP contribution is 2.30. The van der Waals surface area contributed by atoms with Crippen molar-refractivity contribution in [2.45, 2.75) is 79.3 Å². The van der Waals surface area contributed by atoms with Crippen molar-refractivity contribution in [3.8, 4) is 0 Å². The van der Waals surface area contributed by atoms with Gasteiger partial charge >= 0.3 is 0 Å². The van der Waals surface area contributed by atoms with Crippen molar-refractivity contribution in [3.05, 3.63) is 83.3 Å². The quantitative estimate of drug-likeness (QED) is 0.302. The van der Waals surface area contributed by atoms with E-state index in [4.69, 9.17) is 4.52 Å². The number of aryl methyl sites for hydroxylation is 1. The lowest BCUT2D eigenvalue weighted by molar-refractivity contribution is -0.134. The predicted octanol–water partition coefficient (Wildman–Crippen LogP) is 6.76. The first-order valence-corrected chi connectivity index (χ1v) is 13.0. The van der Waals surface area contributed by atoms with Gasteiger partial charge < -0.3 is 14.7 Å². The Balaban J connectivity index is 0.000000260. The molecule has 1 aliphatic rings. The Kier molecular flexibility index (Phi) is 11.1. The zero-order valence-electron chi connectivity index (χ0n) is 23.5. The maximum atomic E-state index is 12.6. The molecule has 0 bridgehead atoms. The van der Waals surface area contributed by atoms with Crippen LogP contribution in [0.15, 0.2) is 65.2 Å². The molecule has 200 valence electrons. The summed E-state index contributed by atoms with van der Waals surface area (Å²) in [7, 11) is 0. The number of benzene rings is 1. The van der Waals surface area contributed by atoms with Gasteiger partial charge in [0.05, 0.1) is 11.7 Å². The monoisotopic (exact) mass is 505 g/mol. The normalized spacial score (nSPS) is 17.3. The minimum atomic E-state index is -0.202. The first-order valence-electron chi connectivity index (χ1n) is 13.0. The molecule has 1 aromatic carbocycles. The Bertz CT molecular complexity index is 1110. The third kappa shape index (κ3) is 7.78. The highest BCUT2D eigenvalue weighted by molar-refractivity contribution is 5.84. The zero-order chi connectivity index (χ0) is 27.7. The molecule has 2 amide bonds. The molecule has 3 rings (SSSR count). The topological polar surface area (TPSA) is 75.4 Å². The van der Waals surface area contributed by atoms with Gasteiger partial charge in [-0.3, -0.25) is 9.59 Å². The van der Waals surface area contributed by atoms with E-state index in [9.17, 15) is 9.59 Å². The summed E-state index contributed by atoms with van der Waals surface area (Å²) in [6.45, 7) is 22.8. The van der Waals surface area contributed by atoms with Crippen LogP contribution in [0.3, 0.4) is 0 Å². The molecule has 1 fully saturated rings.